The summed E-state index contributed by atoms with van der Waals surface area (Å²) in [6, 6.07) is -0.646. The molecule has 1 rings (SSSR count). The van der Waals surface area contributed by atoms with Crippen LogP contribution in [-0.2, 0) is 11.3 Å². The van der Waals surface area contributed by atoms with Gasteiger partial charge >= 0.3 is 0 Å². The number of aromatic nitrogens is 2. The van der Waals surface area contributed by atoms with Gasteiger partial charge in [0.05, 0.1) is 5.69 Å². The van der Waals surface area contributed by atoms with Crippen molar-refractivity contribution in [2.24, 2.45) is 11.5 Å². The van der Waals surface area contributed by atoms with Crippen molar-refractivity contribution in [3.05, 3.63) is 17.7 Å². The van der Waals surface area contributed by atoms with Gasteiger partial charge in [-0.25, -0.2) is 4.98 Å². The van der Waals surface area contributed by atoms with Crippen molar-refractivity contribution in [1.29, 1.82) is 0 Å². The van der Waals surface area contributed by atoms with E-state index < -0.39 is 11.9 Å². The molecule has 72 valence electrons. The van der Waals surface area contributed by atoms with Gasteiger partial charge < -0.3 is 16.0 Å². The normalized spacial score (nSPS) is 12.8. The van der Waals surface area contributed by atoms with Crippen molar-refractivity contribution in [3.63, 3.8) is 0 Å². The molecule has 1 atom stereocenters. The largest absolute Gasteiger partial charge is 0.368 e. The lowest BCUT2D eigenvalue weighted by atomic mass is 10.3. The number of imidazole rings is 1. The molecule has 0 bridgehead atoms. The number of carbonyl (C=O) groups excluding carboxylic acids is 1. The van der Waals surface area contributed by atoms with Crippen LogP contribution in [0.1, 0.15) is 11.5 Å². The van der Waals surface area contributed by atoms with Gasteiger partial charge in [0.15, 0.2) is 0 Å². The van der Waals surface area contributed by atoms with E-state index >= 15 is 0 Å². The van der Waals surface area contributed by atoms with Crippen molar-refractivity contribution in [2.75, 3.05) is 0 Å². The van der Waals surface area contributed by atoms with E-state index in [0.29, 0.717) is 6.54 Å². The van der Waals surface area contributed by atoms with Crippen LogP contribution in [0.3, 0.4) is 0 Å². The molecule has 5 nitrogen and oxygen atoms in total. The highest BCUT2D eigenvalue weighted by Crippen LogP contribution is 2.01. The standard InChI is InChI=1S/C8H14N4O/c1-5-3-12(6(2)11-5)4-7(9)8(10)13/h3,7H,4,9H2,1-2H3,(H2,10,13). The predicted octanol–water partition coefficient (Wildman–Crippen LogP) is -0.687. The number of amides is 1. The third-order valence-corrected chi connectivity index (χ3v) is 1.86. The van der Waals surface area contributed by atoms with Gasteiger partial charge in [0.2, 0.25) is 5.91 Å². The predicted molar refractivity (Wildman–Crippen MR) is 48.9 cm³/mol. The summed E-state index contributed by atoms with van der Waals surface area (Å²) in [5, 5.41) is 0. The van der Waals surface area contributed by atoms with Gasteiger partial charge in [-0.1, -0.05) is 0 Å². The van der Waals surface area contributed by atoms with Crippen molar-refractivity contribution in [1.82, 2.24) is 9.55 Å². The Balaban J connectivity index is 2.74. The average molecular weight is 182 g/mol. The second kappa shape index (κ2) is 3.57. The number of nitrogens with two attached hydrogens (primary N) is 2. The first kappa shape index (κ1) is 9.73. The average Bonchev–Trinajstić information content (AvgIpc) is 2.30. The molecule has 0 aromatic carbocycles. The van der Waals surface area contributed by atoms with Crippen LogP contribution in [0.4, 0.5) is 0 Å². The maximum atomic E-state index is 10.7. The van der Waals surface area contributed by atoms with Gasteiger partial charge in [-0.15, -0.1) is 0 Å². The summed E-state index contributed by atoms with van der Waals surface area (Å²) in [6.45, 7) is 4.14. The Morgan fingerprint density at radius 1 is 1.69 bits per heavy atom. The fourth-order valence-corrected chi connectivity index (χ4v) is 1.15. The number of carbonyl (C=O) groups is 1. The third-order valence-electron chi connectivity index (χ3n) is 1.86. The second-order valence-corrected chi connectivity index (χ2v) is 3.09. The van der Waals surface area contributed by atoms with Crippen molar-refractivity contribution >= 4 is 5.91 Å². The molecule has 1 heterocycles. The summed E-state index contributed by atoms with van der Waals surface area (Å²) in [6.07, 6.45) is 1.85. The molecular weight excluding hydrogens is 168 g/mol. The van der Waals surface area contributed by atoms with Gasteiger partial charge in [0.1, 0.15) is 11.9 Å². The highest BCUT2D eigenvalue weighted by atomic mass is 16.1. The lowest BCUT2D eigenvalue weighted by Crippen LogP contribution is -2.39. The van der Waals surface area contributed by atoms with E-state index in [1.165, 1.54) is 0 Å². The van der Waals surface area contributed by atoms with Gasteiger partial charge in [0, 0.05) is 12.7 Å². The number of nitrogens with zero attached hydrogens (tertiary/aromatic N) is 2. The van der Waals surface area contributed by atoms with Crippen molar-refractivity contribution in [3.8, 4) is 0 Å². The summed E-state index contributed by atoms with van der Waals surface area (Å²) in [7, 11) is 0. The molecule has 4 N–H and O–H groups in total. The lowest BCUT2D eigenvalue weighted by Gasteiger charge is -2.09. The smallest absolute Gasteiger partial charge is 0.236 e. The Kier molecular flexibility index (Phi) is 2.67. The minimum atomic E-state index is -0.646. The van der Waals surface area contributed by atoms with E-state index in [1.807, 2.05) is 24.6 Å². The highest BCUT2D eigenvalue weighted by Gasteiger charge is 2.11. The van der Waals surface area contributed by atoms with E-state index in [9.17, 15) is 4.79 Å². The molecule has 0 aliphatic rings. The second-order valence-electron chi connectivity index (χ2n) is 3.09. The van der Waals surface area contributed by atoms with E-state index in [0.717, 1.165) is 11.5 Å². The number of hydrogen-bond acceptors (Lipinski definition) is 3. The molecular formula is C8H14N4O. The minimum Gasteiger partial charge on any atom is -0.368 e. The molecule has 1 unspecified atom stereocenters. The summed E-state index contributed by atoms with van der Waals surface area (Å²) in [5.41, 5.74) is 11.5. The lowest BCUT2D eigenvalue weighted by molar-refractivity contribution is -0.119. The van der Waals surface area contributed by atoms with Crippen molar-refractivity contribution < 1.29 is 4.79 Å². The van der Waals surface area contributed by atoms with Crippen LogP contribution in [0.15, 0.2) is 6.20 Å². The Bertz CT molecular complexity index is 318. The Morgan fingerprint density at radius 3 is 2.69 bits per heavy atom. The summed E-state index contributed by atoms with van der Waals surface area (Å²) in [5.74, 6) is 0.347. The number of hydrogen-bond donors (Lipinski definition) is 2. The zero-order valence-electron chi connectivity index (χ0n) is 7.82. The Hall–Kier alpha value is -1.36. The topological polar surface area (TPSA) is 86.9 Å². The molecule has 0 saturated heterocycles. The van der Waals surface area contributed by atoms with Crippen LogP contribution in [0, 0.1) is 13.8 Å². The van der Waals surface area contributed by atoms with Gasteiger partial charge in [-0.3, -0.25) is 4.79 Å². The zero-order valence-corrected chi connectivity index (χ0v) is 7.82. The first-order valence-corrected chi connectivity index (χ1v) is 4.06. The summed E-state index contributed by atoms with van der Waals surface area (Å²) < 4.78 is 1.82. The van der Waals surface area contributed by atoms with Gasteiger partial charge in [-0.05, 0) is 13.8 Å². The summed E-state index contributed by atoms with van der Waals surface area (Å²) >= 11 is 0. The fraction of sp³-hybridized carbons (Fsp3) is 0.500. The number of primary amides is 1. The molecule has 1 amide bonds. The summed E-state index contributed by atoms with van der Waals surface area (Å²) in [4.78, 5) is 14.9. The van der Waals surface area contributed by atoms with E-state index in [2.05, 4.69) is 4.98 Å². The SMILES string of the molecule is Cc1cn(CC(N)C(N)=O)c(C)n1. The monoisotopic (exact) mass is 182 g/mol. The molecule has 13 heavy (non-hydrogen) atoms. The molecule has 1 aromatic rings. The molecule has 0 saturated carbocycles. The van der Waals surface area contributed by atoms with Crippen LogP contribution in [0.5, 0.6) is 0 Å². The Morgan fingerprint density at radius 2 is 2.31 bits per heavy atom. The van der Waals surface area contributed by atoms with Crippen LogP contribution >= 0.6 is 0 Å². The van der Waals surface area contributed by atoms with Gasteiger partial charge in [0.25, 0.3) is 0 Å². The molecule has 1 aromatic heterocycles. The maximum absolute atomic E-state index is 10.7. The van der Waals surface area contributed by atoms with Crippen LogP contribution in [-0.4, -0.2) is 21.5 Å². The molecule has 0 aliphatic carbocycles. The molecule has 5 heteroatoms. The quantitative estimate of drug-likeness (QED) is 0.648. The molecule has 0 radical (unpaired) electrons. The van der Waals surface area contributed by atoms with E-state index in [1.54, 1.807) is 0 Å². The van der Waals surface area contributed by atoms with Crippen LogP contribution in [0.25, 0.3) is 0 Å². The molecule has 0 aliphatic heterocycles. The zero-order chi connectivity index (χ0) is 10.0. The number of rotatable bonds is 3. The molecule has 0 fully saturated rings. The highest BCUT2D eigenvalue weighted by molar-refractivity contribution is 5.79. The first-order valence-electron chi connectivity index (χ1n) is 4.06. The van der Waals surface area contributed by atoms with Crippen LogP contribution in [0.2, 0.25) is 0 Å². The minimum absolute atomic E-state index is 0.391. The third kappa shape index (κ3) is 2.29. The van der Waals surface area contributed by atoms with Gasteiger partial charge in [-0.2, -0.15) is 0 Å². The van der Waals surface area contributed by atoms with E-state index in [-0.39, 0.29) is 0 Å². The fourth-order valence-electron chi connectivity index (χ4n) is 1.15. The van der Waals surface area contributed by atoms with E-state index in [4.69, 9.17) is 11.5 Å². The Labute approximate surface area is 76.7 Å². The molecule has 0 spiro atoms. The first-order chi connectivity index (χ1) is 6.00. The maximum Gasteiger partial charge on any atom is 0.236 e. The number of aryl methyl sites for hydroxylation is 2. The van der Waals surface area contributed by atoms with Crippen molar-refractivity contribution in [2.45, 2.75) is 26.4 Å². The van der Waals surface area contributed by atoms with Crippen LogP contribution < -0.4 is 11.5 Å².